The highest BCUT2D eigenvalue weighted by Gasteiger charge is 2.15. The lowest BCUT2D eigenvalue weighted by molar-refractivity contribution is -0.115. The summed E-state index contributed by atoms with van der Waals surface area (Å²) < 4.78 is 16.0. The highest BCUT2D eigenvalue weighted by molar-refractivity contribution is 9.10. The Hall–Kier alpha value is -3.00. The van der Waals surface area contributed by atoms with Crippen LogP contribution >= 0.6 is 15.9 Å². The number of aryl methyl sites for hydroxylation is 1. The van der Waals surface area contributed by atoms with Gasteiger partial charge in [0.2, 0.25) is 5.91 Å². The van der Waals surface area contributed by atoms with Crippen LogP contribution in [0.15, 0.2) is 53.5 Å². The van der Waals surface area contributed by atoms with Crippen LogP contribution in [0.25, 0.3) is 16.6 Å². The number of hydrogen-bond donors (Lipinski definition) is 2. The Morgan fingerprint density at radius 1 is 1.30 bits per heavy atom. The van der Waals surface area contributed by atoms with Gasteiger partial charge in [0.1, 0.15) is 18.5 Å². The molecule has 0 aliphatic heterocycles. The van der Waals surface area contributed by atoms with Crippen LogP contribution in [0.4, 0.5) is 10.1 Å². The lowest BCUT2D eigenvalue weighted by atomic mass is 10.1. The highest BCUT2D eigenvalue weighted by Crippen LogP contribution is 2.26. The number of nitrogens with zero attached hydrogens (tertiary/aromatic N) is 3. The Morgan fingerprint density at radius 3 is 2.93 bits per heavy atom. The summed E-state index contributed by atoms with van der Waals surface area (Å²) in [6, 6.07) is 10.0. The van der Waals surface area contributed by atoms with E-state index in [1.807, 2.05) is 19.1 Å². The fourth-order valence-corrected chi connectivity index (χ4v) is 3.44. The summed E-state index contributed by atoms with van der Waals surface area (Å²) in [5.41, 5.74) is 3.73. The van der Waals surface area contributed by atoms with Crippen molar-refractivity contribution in [3.05, 3.63) is 70.6 Å². The molecule has 0 fully saturated rings. The van der Waals surface area contributed by atoms with Gasteiger partial charge in [0.15, 0.2) is 0 Å². The lowest BCUT2D eigenvalue weighted by Gasteiger charge is -2.11. The number of benzene rings is 2. The fraction of sp³-hybridized carbons (Fsp3) is 0.105. The molecule has 27 heavy (non-hydrogen) atoms. The maximum atomic E-state index is 13.6. The molecule has 0 unspecified atom stereocenters. The number of hydrogen-bond acceptors (Lipinski definition) is 3. The van der Waals surface area contributed by atoms with Gasteiger partial charge in [-0.3, -0.25) is 4.79 Å². The third-order valence-electron chi connectivity index (χ3n) is 4.32. The standard InChI is InChI=1S/C19H15BrFN5O/c1-11-14(15-7-13(21)3-4-16(15)24-11)8-19(27)25-17-6-12(20)2-5-18(17)26-10-22-9-23-26/h2-7,9-10,24H,8H2,1H3,(H,25,27). The van der Waals surface area contributed by atoms with Crippen molar-refractivity contribution in [1.29, 1.82) is 0 Å². The molecule has 2 heterocycles. The lowest BCUT2D eigenvalue weighted by Crippen LogP contribution is -2.16. The predicted octanol–water partition coefficient (Wildman–Crippen LogP) is 4.14. The summed E-state index contributed by atoms with van der Waals surface area (Å²) in [5, 5.41) is 7.75. The van der Waals surface area contributed by atoms with E-state index in [9.17, 15) is 9.18 Å². The first-order chi connectivity index (χ1) is 13.0. The van der Waals surface area contributed by atoms with Gasteiger partial charge in [0.25, 0.3) is 0 Å². The Labute approximate surface area is 162 Å². The molecule has 136 valence electrons. The van der Waals surface area contributed by atoms with E-state index in [0.717, 1.165) is 21.2 Å². The quantitative estimate of drug-likeness (QED) is 0.513. The largest absolute Gasteiger partial charge is 0.358 e. The topological polar surface area (TPSA) is 75.6 Å². The van der Waals surface area contributed by atoms with Crippen molar-refractivity contribution < 1.29 is 9.18 Å². The zero-order valence-electron chi connectivity index (χ0n) is 14.3. The molecule has 8 heteroatoms. The van der Waals surface area contributed by atoms with Crippen molar-refractivity contribution in [1.82, 2.24) is 19.7 Å². The summed E-state index contributed by atoms with van der Waals surface area (Å²) in [6.45, 7) is 1.88. The molecule has 2 aromatic heterocycles. The molecule has 0 spiro atoms. The second-order valence-electron chi connectivity index (χ2n) is 6.14. The van der Waals surface area contributed by atoms with Gasteiger partial charge in [-0.25, -0.2) is 14.1 Å². The minimum Gasteiger partial charge on any atom is -0.358 e. The number of H-pyrrole nitrogens is 1. The summed E-state index contributed by atoms with van der Waals surface area (Å²) in [6.07, 6.45) is 3.11. The summed E-state index contributed by atoms with van der Waals surface area (Å²) in [7, 11) is 0. The van der Waals surface area contributed by atoms with E-state index in [-0.39, 0.29) is 18.1 Å². The first kappa shape index (κ1) is 17.4. The number of carbonyl (C=O) groups is 1. The van der Waals surface area contributed by atoms with Crippen LogP contribution in [0, 0.1) is 12.7 Å². The van der Waals surface area contributed by atoms with Crippen LogP contribution in [0.2, 0.25) is 0 Å². The van der Waals surface area contributed by atoms with E-state index < -0.39 is 0 Å². The number of nitrogens with one attached hydrogen (secondary N) is 2. The Balaban J connectivity index is 1.64. The maximum absolute atomic E-state index is 13.6. The number of anilines is 1. The molecule has 0 aliphatic carbocycles. The van der Waals surface area contributed by atoms with Gasteiger partial charge >= 0.3 is 0 Å². The van der Waals surface area contributed by atoms with Gasteiger partial charge in [-0.05, 0) is 48.9 Å². The van der Waals surface area contributed by atoms with Gasteiger partial charge < -0.3 is 10.3 Å². The summed E-state index contributed by atoms with van der Waals surface area (Å²) in [5.74, 6) is -0.536. The van der Waals surface area contributed by atoms with Crippen LogP contribution in [0.3, 0.4) is 0 Å². The zero-order valence-corrected chi connectivity index (χ0v) is 15.9. The molecule has 0 bridgehead atoms. The zero-order chi connectivity index (χ0) is 19.0. The molecule has 0 saturated carbocycles. The number of aromatic amines is 1. The van der Waals surface area contributed by atoms with Crippen molar-refractivity contribution in [2.24, 2.45) is 0 Å². The van der Waals surface area contributed by atoms with Crippen molar-refractivity contribution in [2.45, 2.75) is 13.3 Å². The van der Waals surface area contributed by atoms with E-state index in [1.165, 1.54) is 18.5 Å². The maximum Gasteiger partial charge on any atom is 0.228 e. The molecule has 0 aliphatic rings. The number of amides is 1. The SMILES string of the molecule is Cc1[nH]c2ccc(F)cc2c1CC(=O)Nc1cc(Br)ccc1-n1cncn1. The van der Waals surface area contributed by atoms with Crippen molar-refractivity contribution in [2.75, 3.05) is 5.32 Å². The van der Waals surface area contributed by atoms with Crippen molar-refractivity contribution in [3.8, 4) is 5.69 Å². The number of aromatic nitrogens is 4. The van der Waals surface area contributed by atoms with Crippen molar-refractivity contribution in [3.63, 3.8) is 0 Å². The number of carbonyl (C=O) groups excluding carboxylic acids is 1. The molecule has 2 N–H and O–H groups in total. The molecule has 2 aromatic carbocycles. The molecular formula is C19H15BrFN5O. The molecule has 6 nitrogen and oxygen atoms in total. The molecule has 0 saturated heterocycles. The molecule has 4 aromatic rings. The first-order valence-corrected chi connectivity index (χ1v) is 9.01. The highest BCUT2D eigenvalue weighted by atomic mass is 79.9. The number of halogens is 2. The number of fused-ring (bicyclic) bond motifs is 1. The van der Waals surface area contributed by atoms with Crippen LogP contribution < -0.4 is 5.32 Å². The predicted molar refractivity (Wildman–Crippen MR) is 104 cm³/mol. The van der Waals surface area contributed by atoms with E-state index in [1.54, 1.807) is 23.1 Å². The van der Waals surface area contributed by atoms with E-state index in [0.29, 0.717) is 16.8 Å². The van der Waals surface area contributed by atoms with Gasteiger partial charge in [-0.1, -0.05) is 15.9 Å². The second kappa shape index (κ2) is 6.96. The summed E-state index contributed by atoms with van der Waals surface area (Å²) >= 11 is 3.42. The average Bonchev–Trinajstić information content (AvgIpc) is 3.24. The third kappa shape index (κ3) is 3.48. The average molecular weight is 428 g/mol. The van der Waals surface area contributed by atoms with Gasteiger partial charge in [0.05, 0.1) is 17.8 Å². The summed E-state index contributed by atoms with van der Waals surface area (Å²) in [4.78, 5) is 19.8. The third-order valence-corrected chi connectivity index (χ3v) is 4.81. The van der Waals surface area contributed by atoms with Gasteiger partial charge in [-0.2, -0.15) is 5.10 Å². The Morgan fingerprint density at radius 2 is 2.15 bits per heavy atom. The van der Waals surface area contributed by atoms with Crippen LogP contribution in [-0.4, -0.2) is 25.7 Å². The molecule has 0 radical (unpaired) electrons. The Kier molecular flexibility index (Phi) is 4.49. The van der Waals surface area contributed by atoms with Crippen LogP contribution in [-0.2, 0) is 11.2 Å². The minimum atomic E-state index is -0.330. The smallest absolute Gasteiger partial charge is 0.228 e. The molecule has 0 atom stereocenters. The molecular weight excluding hydrogens is 413 g/mol. The van der Waals surface area contributed by atoms with E-state index in [2.05, 4.69) is 36.3 Å². The second-order valence-corrected chi connectivity index (χ2v) is 7.06. The van der Waals surface area contributed by atoms with E-state index >= 15 is 0 Å². The molecule has 4 rings (SSSR count). The van der Waals surface area contributed by atoms with Crippen molar-refractivity contribution >= 4 is 38.4 Å². The van der Waals surface area contributed by atoms with Gasteiger partial charge in [0, 0.05) is 21.1 Å². The molecule has 1 amide bonds. The Bertz CT molecular complexity index is 1140. The van der Waals surface area contributed by atoms with E-state index in [4.69, 9.17) is 0 Å². The van der Waals surface area contributed by atoms with Crippen LogP contribution in [0.1, 0.15) is 11.3 Å². The normalized spacial score (nSPS) is 11.1. The van der Waals surface area contributed by atoms with Crippen LogP contribution in [0.5, 0.6) is 0 Å². The number of rotatable bonds is 4. The van der Waals surface area contributed by atoms with Gasteiger partial charge in [-0.15, -0.1) is 0 Å². The minimum absolute atomic E-state index is 0.124. The monoisotopic (exact) mass is 427 g/mol. The fourth-order valence-electron chi connectivity index (χ4n) is 3.08. The first-order valence-electron chi connectivity index (χ1n) is 8.22.